The van der Waals surface area contributed by atoms with Gasteiger partial charge in [-0.2, -0.15) is 5.26 Å². The molecule has 1 saturated heterocycles. The van der Waals surface area contributed by atoms with Crippen molar-refractivity contribution < 1.29 is 23.8 Å². The number of amides is 2. The molecule has 1 aromatic heterocycles. The molecule has 5 rings (SSSR count). The average Bonchev–Trinajstić information content (AvgIpc) is 3.25. The maximum absolute atomic E-state index is 13.4. The zero-order valence-electron chi connectivity index (χ0n) is 20.9. The topological polar surface area (TPSA) is 105 Å². The van der Waals surface area contributed by atoms with Crippen LogP contribution in [-0.4, -0.2) is 70.8 Å². The van der Waals surface area contributed by atoms with E-state index in [0.29, 0.717) is 48.1 Å². The van der Waals surface area contributed by atoms with E-state index < -0.39 is 11.7 Å². The molecular formula is C26H30N4O5S. The number of fused-ring (bicyclic) bond motifs is 1. The number of nitrogens with zero attached hydrogens (tertiary/aromatic N) is 4. The summed E-state index contributed by atoms with van der Waals surface area (Å²) in [5.74, 6) is 0.556. The van der Waals surface area contributed by atoms with Crippen LogP contribution in [-0.2, 0) is 16.0 Å². The highest BCUT2D eigenvalue weighted by Gasteiger charge is 2.44. The van der Waals surface area contributed by atoms with E-state index in [2.05, 4.69) is 6.07 Å². The van der Waals surface area contributed by atoms with Crippen molar-refractivity contribution in [3.63, 3.8) is 0 Å². The Bertz CT molecular complexity index is 1230. The van der Waals surface area contributed by atoms with Gasteiger partial charge in [0, 0.05) is 13.7 Å². The molecule has 10 heteroatoms. The minimum absolute atomic E-state index is 0.138. The summed E-state index contributed by atoms with van der Waals surface area (Å²) in [4.78, 5) is 35.3. The lowest BCUT2D eigenvalue weighted by molar-refractivity contribution is 0.0140. The minimum atomic E-state index is -0.605. The Kier molecular flexibility index (Phi) is 6.39. The van der Waals surface area contributed by atoms with Gasteiger partial charge < -0.3 is 24.0 Å². The third kappa shape index (κ3) is 4.90. The monoisotopic (exact) mass is 510 g/mol. The number of hydrogen-bond donors (Lipinski definition) is 0. The average molecular weight is 511 g/mol. The molecule has 1 aliphatic carbocycles. The third-order valence-corrected chi connectivity index (χ3v) is 7.53. The summed E-state index contributed by atoms with van der Waals surface area (Å²) in [5.41, 5.74) is 1.10. The predicted octanol–water partition coefficient (Wildman–Crippen LogP) is 4.20. The zero-order valence-corrected chi connectivity index (χ0v) is 21.8. The highest BCUT2D eigenvalue weighted by molar-refractivity contribution is 7.15. The molecule has 2 atom stereocenters. The van der Waals surface area contributed by atoms with E-state index in [0.717, 1.165) is 23.3 Å². The molecule has 190 valence electrons. The predicted molar refractivity (Wildman–Crippen MR) is 133 cm³/mol. The van der Waals surface area contributed by atoms with Crippen LogP contribution in [0, 0.1) is 11.3 Å². The van der Waals surface area contributed by atoms with Gasteiger partial charge in [-0.1, -0.05) is 0 Å². The van der Waals surface area contributed by atoms with Crippen LogP contribution in [0.2, 0.25) is 0 Å². The highest BCUT2D eigenvalue weighted by atomic mass is 32.1. The highest BCUT2D eigenvalue weighted by Crippen LogP contribution is 2.41. The Balaban J connectivity index is 1.35. The molecule has 2 aliphatic heterocycles. The van der Waals surface area contributed by atoms with Crippen LogP contribution in [0.4, 0.5) is 4.79 Å². The van der Waals surface area contributed by atoms with Crippen LogP contribution in [0.5, 0.6) is 5.75 Å². The summed E-state index contributed by atoms with van der Waals surface area (Å²) in [6.07, 6.45) is 2.47. The molecule has 0 unspecified atom stereocenters. The second kappa shape index (κ2) is 9.37. The summed E-state index contributed by atoms with van der Waals surface area (Å²) < 4.78 is 17.0. The molecule has 0 N–H and O–H groups in total. The van der Waals surface area contributed by atoms with Gasteiger partial charge in [0.25, 0.3) is 5.91 Å². The third-order valence-electron chi connectivity index (χ3n) is 6.45. The number of aromatic nitrogens is 1. The number of hydrogen-bond acceptors (Lipinski definition) is 8. The molecule has 3 heterocycles. The van der Waals surface area contributed by atoms with E-state index in [-0.39, 0.29) is 24.1 Å². The number of carbonyl (C=O) groups excluding carboxylic acids is 2. The Labute approximate surface area is 214 Å². The Hall–Kier alpha value is -3.16. The number of likely N-dealkylation sites (tertiary alicyclic amines) is 1. The Morgan fingerprint density at radius 1 is 1.31 bits per heavy atom. The Morgan fingerprint density at radius 3 is 2.72 bits per heavy atom. The van der Waals surface area contributed by atoms with E-state index in [1.54, 1.807) is 29.0 Å². The molecule has 9 nitrogen and oxygen atoms in total. The fourth-order valence-corrected chi connectivity index (χ4v) is 5.72. The number of thiazole rings is 1. The van der Waals surface area contributed by atoms with Crippen molar-refractivity contribution in [2.24, 2.45) is 0 Å². The first-order chi connectivity index (χ1) is 17.2. The number of rotatable bonds is 6. The van der Waals surface area contributed by atoms with Gasteiger partial charge in [0.05, 0.1) is 53.4 Å². The van der Waals surface area contributed by atoms with E-state index in [1.165, 1.54) is 11.3 Å². The van der Waals surface area contributed by atoms with Crippen molar-refractivity contribution in [3.05, 3.63) is 34.3 Å². The summed E-state index contributed by atoms with van der Waals surface area (Å²) >= 11 is 1.46. The molecule has 0 radical (unpaired) electrons. The summed E-state index contributed by atoms with van der Waals surface area (Å²) in [5, 5.41) is 10.1. The van der Waals surface area contributed by atoms with E-state index in [9.17, 15) is 14.9 Å². The molecule has 2 aromatic rings. The van der Waals surface area contributed by atoms with Crippen molar-refractivity contribution in [1.29, 1.82) is 5.26 Å². The first-order valence-corrected chi connectivity index (χ1v) is 13.0. The van der Waals surface area contributed by atoms with Crippen LogP contribution in [0.1, 0.15) is 61.0 Å². The Morgan fingerprint density at radius 2 is 2.08 bits per heavy atom. The van der Waals surface area contributed by atoms with Crippen LogP contribution >= 0.6 is 11.3 Å². The lowest BCUT2D eigenvalue weighted by Crippen LogP contribution is -2.43. The number of benzene rings is 1. The summed E-state index contributed by atoms with van der Waals surface area (Å²) in [6, 6.07) is 7.18. The first-order valence-electron chi connectivity index (χ1n) is 12.2. The van der Waals surface area contributed by atoms with Crippen LogP contribution < -0.4 is 4.74 Å². The van der Waals surface area contributed by atoms with Crippen LogP contribution in [0.25, 0.3) is 10.6 Å². The molecule has 0 bridgehead atoms. The standard InChI is InChI=1S/C26H30N4O5S/c1-26(2,3)35-25(32)30-12-16(10-17(30)14-33-4)29-13-21-22(24(29)31)28-23(36-21)19-9-15(11-27)5-8-20(19)34-18-6-7-18/h5,8-9,16-18H,6-7,10,12-14H2,1-4H3/t16-,17+/m1/s1. The van der Waals surface area contributed by atoms with E-state index in [4.69, 9.17) is 19.2 Å². The summed E-state index contributed by atoms with van der Waals surface area (Å²) in [7, 11) is 1.60. The van der Waals surface area contributed by atoms with Gasteiger partial charge in [0.1, 0.15) is 22.1 Å². The van der Waals surface area contributed by atoms with Gasteiger partial charge in [-0.05, 0) is 58.2 Å². The molecule has 36 heavy (non-hydrogen) atoms. The van der Waals surface area contributed by atoms with Crippen molar-refractivity contribution in [2.45, 2.75) is 70.4 Å². The molecule has 0 spiro atoms. The lowest BCUT2D eigenvalue weighted by Gasteiger charge is -2.28. The number of ether oxygens (including phenoxy) is 3. The van der Waals surface area contributed by atoms with Crippen molar-refractivity contribution in [3.8, 4) is 22.4 Å². The SMILES string of the molecule is COC[C@@H]1C[C@@H](N2Cc3sc(-c4cc(C#N)ccc4OC4CC4)nc3C2=O)CN1C(=O)OC(C)(C)C. The van der Waals surface area contributed by atoms with Gasteiger partial charge in [-0.3, -0.25) is 4.79 Å². The van der Waals surface area contributed by atoms with Gasteiger partial charge in [-0.25, -0.2) is 9.78 Å². The minimum Gasteiger partial charge on any atom is -0.490 e. The zero-order chi connectivity index (χ0) is 25.6. The van der Waals surface area contributed by atoms with Gasteiger partial charge in [0.15, 0.2) is 0 Å². The van der Waals surface area contributed by atoms with Crippen molar-refractivity contribution >= 4 is 23.3 Å². The molecule has 2 fully saturated rings. The smallest absolute Gasteiger partial charge is 0.410 e. The molecule has 2 amide bonds. The maximum atomic E-state index is 13.4. The van der Waals surface area contributed by atoms with Crippen molar-refractivity contribution in [2.75, 3.05) is 20.3 Å². The quantitative estimate of drug-likeness (QED) is 0.573. The largest absolute Gasteiger partial charge is 0.490 e. The number of nitriles is 1. The second-order valence-electron chi connectivity index (χ2n) is 10.5. The van der Waals surface area contributed by atoms with Gasteiger partial charge in [-0.15, -0.1) is 11.3 Å². The van der Waals surface area contributed by atoms with Crippen LogP contribution in [0.3, 0.4) is 0 Å². The van der Waals surface area contributed by atoms with E-state index in [1.807, 2.05) is 26.8 Å². The van der Waals surface area contributed by atoms with Gasteiger partial charge in [0.2, 0.25) is 0 Å². The summed E-state index contributed by atoms with van der Waals surface area (Å²) in [6.45, 7) is 6.71. The second-order valence-corrected chi connectivity index (χ2v) is 11.6. The number of carbonyl (C=O) groups is 2. The fraction of sp³-hybridized carbons (Fsp3) is 0.538. The molecule has 3 aliphatic rings. The first kappa shape index (κ1) is 24.5. The maximum Gasteiger partial charge on any atom is 0.410 e. The normalized spacial score (nSPS) is 21.5. The molecule has 1 aromatic carbocycles. The lowest BCUT2D eigenvalue weighted by atomic mass is 10.1. The van der Waals surface area contributed by atoms with E-state index >= 15 is 0 Å². The number of methoxy groups -OCH3 is 1. The fourth-order valence-electron chi connectivity index (χ4n) is 4.65. The molecular weight excluding hydrogens is 480 g/mol. The van der Waals surface area contributed by atoms with Crippen molar-refractivity contribution in [1.82, 2.24) is 14.8 Å². The van der Waals surface area contributed by atoms with Gasteiger partial charge >= 0.3 is 6.09 Å². The van der Waals surface area contributed by atoms with Crippen LogP contribution in [0.15, 0.2) is 18.2 Å². The molecule has 1 saturated carbocycles.